The number of carboxylic acids is 1. The molecular weight excluding hydrogens is 412 g/mol. The molecule has 0 aliphatic heterocycles. The van der Waals surface area contributed by atoms with Gasteiger partial charge in [0.1, 0.15) is 0 Å². The van der Waals surface area contributed by atoms with Crippen molar-refractivity contribution < 1.29 is 9.90 Å². The van der Waals surface area contributed by atoms with E-state index in [4.69, 9.17) is 0 Å². The quantitative estimate of drug-likeness (QED) is 0.571. The predicted octanol–water partition coefficient (Wildman–Crippen LogP) is 5.56. The number of allylic oxidation sites excluding steroid dienone is 1. The standard InChI is InChI=1S/C25H29BrO2/c1-24(2)13-14-25(3,4)22-15-17(11-12-21(22)24)7-5-10-20(23(27)28)18-8-6-9-19(26)16-18/h6,8-12,15-16H,5,7,13-14H2,1-4H3,(H,27,28)/p-1/b20-10+. The van der Waals surface area contributed by atoms with E-state index in [1.165, 1.54) is 29.5 Å². The Bertz CT molecular complexity index is 922. The Morgan fingerprint density at radius 1 is 1.04 bits per heavy atom. The highest BCUT2D eigenvalue weighted by molar-refractivity contribution is 9.10. The van der Waals surface area contributed by atoms with E-state index in [1.54, 1.807) is 12.1 Å². The van der Waals surface area contributed by atoms with Crippen LogP contribution in [0.2, 0.25) is 0 Å². The second-order valence-corrected chi connectivity index (χ2v) is 10.0. The number of rotatable bonds is 5. The van der Waals surface area contributed by atoms with E-state index in [0.717, 1.165) is 10.9 Å². The van der Waals surface area contributed by atoms with Crippen LogP contribution in [-0.2, 0) is 22.0 Å². The summed E-state index contributed by atoms with van der Waals surface area (Å²) in [6.45, 7) is 9.31. The normalized spacial score (nSPS) is 17.8. The van der Waals surface area contributed by atoms with E-state index in [1.807, 2.05) is 18.2 Å². The van der Waals surface area contributed by atoms with Crippen molar-refractivity contribution >= 4 is 27.5 Å². The molecule has 0 N–H and O–H groups in total. The van der Waals surface area contributed by atoms with Gasteiger partial charge in [-0.15, -0.1) is 0 Å². The summed E-state index contributed by atoms with van der Waals surface area (Å²) >= 11 is 3.40. The second-order valence-electron chi connectivity index (χ2n) is 9.10. The van der Waals surface area contributed by atoms with Gasteiger partial charge < -0.3 is 9.90 Å². The van der Waals surface area contributed by atoms with Crippen LogP contribution in [0.1, 0.15) is 69.2 Å². The lowest BCUT2D eigenvalue weighted by Gasteiger charge is -2.42. The van der Waals surface area contributed by atoms with Gasteiger partial charge >= 0.3 is 0 Å². The molecule has 0 fully saturated rings. The zero-order chi connectivity index (χ0) is 20.5. The number of carboxylic acid groups (broad SMARTS) is 1. The number of benzene rings is 2. The highest BCUT2D eigenvalue weighted by Gasteiger charge is 2.36. The first-order valence-corrected chi connectivity index (χ1v) is 10.7. The molecule has 0 saturated carbocycles. The second kappa shape index (κ2) is 7.87. The molecule has 0 atom stereocenters. The van der Waals surface area contributed by atoms with Crippen molar-refractivity contribution in [2.24, 2.45) is 0 Å². The SMILES string of the molecule is CC1(C)CCC(C)(C)c2cc(CC/C=C(/C(=O)[O-])c3cccc(Br)c3)ccc21. The average Bonchev–Trinajstić information content (AvgIpc) is 2.62. The molecule has 0 bridgehead atoms. The first-order valence-electron chi connectivity index (χ1n) is 9.91. The molecule has 0 heterocycles. The van der Waals surface area contributed by atoms with E-state index in [2.05, 4.69) is 61.8 Å². The smallest absolute Gasteiger partial charge is 0.0718 e. The van der Waals surface area contributed by atoms with Crippen LogP contribution in [0.15, 0.2) is 53.0 Å². The van der Waals surface area contributed by atoms with E-state index in [0.29, 0.717) is 12.0 Å². The zero-order valence-corrected chi connectivity index (χ0v) is 18.7. The van der Waals surface area contributed by atoms with Crippen molar-refractivity contribution in [2.75, 3.05) is 0 Å². The van der Waals surface area contributed by atoms with Gasteiger partial charge in [-0.2, -0.15) is 0 Å². The summed E-state index contributed by atoms with van der Waals surface area (Å²) in [5.74, 6) is -1.13. The molecule has 0 amide bonds. The van der Waals surface area contributed by atoms with Crippen molar-refractivity contribution in [3.63, 3.8) is 0 Å². The van der Waals surface area contributed by atoms with Gasteiger partial charge in [0.2, 0.25) is 0 Å². The summed E-state index contributed by atoms with van der Waals surface area (Å²) in [4.78, 5) is 11.6. The summed E-state index contributed by atoms with van der Waals surface area (Å²) in [5.41, 5.74) is 5.47. The number of hydrogen-bond acceptors (Lipinski definition) is 2. The summed E-state index contributed by atoms with van der Waals surface area (Å²) in [6, 6.07) is 14.1. The van der Waals surface area contributed by atoms with Gasteiger partial charge in [-0.05, 0) is 70.9 Å². The molecule has 2 aromatic carbocycles. The maximum absolute atomic E-state index is 11.6. The largest absolute Gasteiger partial charge is 0.545 e. The van der Waals surface area contributed by atoms with Gasteiger partial charge in [-0.3, -0.25) is 0 Å². The lowest BCUT2D eigenvalue weighted by atomic mass is 9.63. The third-order valence-corrected chi connectivity index (χ3v) is 6.55. The molecule has 0 aromatic heterocycles. The Morgan fingerprint density at radius 2 is 1.71 bits per heavy atom. The minimum Gasteiger partial charge on any atom is -0.545 e. The number of carbonyl (C=O) groups is 1. The van der Waals surface area contributed by atoms with Crippen LogP contribution < -0.4 is 5.11 Å². The number of aryl methyl sites for hydroxylation is 1. The Kier molecular flexibility index (Phi) is 5.86. The number of aliphatic carboxylic acids is 1. The molecule has 0 radical (unpaired) electrons. The topological polar surface area (TPSA) is 40.1 Å². The number of hydrogen-bond donors (Lipinski definition) is 0. The third-order valence-electron chi connectivity index (χ3n) is 6.05. The molecule has 2 nitrogen and oxygen atoms in total. The molecule has 3 heteroatoms. The van der Waals surface area contributed by atoms with Crippen LogP contribution >= 0.6 is 15.9 Å². The van der Waals surface area contributed by atoms with E-state index in [9.17, 15) is 9.90 Å². The lowest BCUT2D eigenvalue weighted by molar-refractivity contribution is -0.295. The van der Waals surface area contributed by atoms with Crippen LogP contribution in [0.5, 0.6) is 0 Å². The molecule has 1 aliphatic rings. The minimum absolute atomic E-state index is 0.184. The van der Waals surface area contributed by atoms with Gasteiger partial charge in [-0.25, -0.2) is 0 Å². The number of carbonyl (C=O) groups excluding carboxylic acids is 1. The monoisotopic (exact) mass is 439 g/mol. The third kappa shape index (κ3) is 4.41. The molecule has 0 spiro atoms. The lowest BCUT2D eigenvalue weighted by Crippen LogP contribution is -2.33. The molecule has 2 aromatic rings. The highest BCUT2D eigenvalue weighted by atomic mass is 79.9. The fraction of sp³-hybridized carbons (Fsp3) is 0.400. The molecule has 0 saturated heterocycles. The van der Waals surface area contributed by atoms with Gasteiger partial charge in [0, 0.05) is 10.0 Å². The molecule has 0 unspecified atom stereocenters. The summed E-state index contributed by atoms with van der Waals surface area (Å²) in [5, 5.41) is 11.6. The van der Waals surface area contributed by atoms with Crippen LogP contribution in [0, 0.1) is 0 Å². The fourth-order valence-electron chi connectivity index (χ4n) is 4.15. The minimum atomic E-state index is -1.13. The summed E-state index contributed by atoms with van der Waals surface area (Å²) in [7, 11) is 0. The van der Waals surface area contributed by atoms with Crippen molar-refractivity contribution in [3.05, 3.63) is 75.3 Å². The van der Waals surface area contributed by atoms with Gasteiger partial charge in [0.05, 0.1) is 5.97 Å². The van der Waals surface area contributed by atoms with Crippen molar-refractivity contribution in [2.45, 2.75) is 64.2 Å². The van der Waals surface area contributed by atoms with Gasteiger partial charge in [0.15, 0.2) is 0 Å². The number of halogens is 1. The molecule has 3 rings (SSSR count). The predicted molar refractivity (Wildman–Crippen MR) is 117 cm³/mol. The zero-order valence-electron chi connectivity index (χ0n) is 17.1. The molecule has 1 aliphatic carbocycles. The summed E-state index contributed by atoms with van der Waals surface area (Å²) < 4.78 is 0.858. The van der Waals surface area contributed by atoms with Crippen LogP contribution in [0.4, 0.5) is 0 Å². The Hall–Kier alpha value is -1.87. The van der Waals surface area contributed by atoms with E-state index in [-0.39, 0.29) is 16.4 Å². The number of fused-ring (bicyclic) bond motifs is 1. The van der Waals surface area contributed by atoms with Gasteiger partial charge in [0.25, 0.3) is 0 Å². The Morgan fingerprint density at radius 3 is 2.36 bits per heavy atom. The Labute approximate surface area is 176 Å². The van der Waals surface area contributed by atoms with Crippen molar-refractivity contribution in [1.82, 2.24) is 0 Å². The molecule has 148 valence electrons. The molecular formula is C25H28BrO2-. The first-order chi connectivity index (χ1) is 13.1. The van der Waals surface area contributed by atoms with E-state index >= 15 is 0 Å². The first kappa shape index (κ1) is 20.9. The van der Waals surface area contributed by atoms with Crippen LogP contribution in [0.3, 0.4) is 0 Å². The Balaban J connectivity index is 1.83. The van der Waals surface area contributed by atoms with Crippen molar-refractivity contribution in [3.8, 4) is 0 Å². The van der Waals surface area contributed by atoms with E-state index < -0.39 is 5.97 Å². The summed E-state index contributed by atoms with van der Waals surface area (Å²) in [6.07, 6.45) is 5.66. The average molecular weight is 440 g/mol. The van der Waals surface area contributed by atoms with Crippen LogP contribution in [0.25, 0.3) is 5.57 Å². The molecule has 28 heavy (non-hydrogen) atoms. The highest BCUT2D eigenvalue weighted by Crippen LogP contribution is 2.45. The fourth-order valence-corrected chi connectivity index (χ4v) is 4.55. The maximum atomic E-state index is 11.6. The maximum Gasteiger partial charge on any atom is 0.0718 e. The van der Waals surface area contributed by atoms with Gasteiger partial charge in [-0.1, -0.05) is 80.0 Å². The van der Waals surface area contributed by atoms with Crippen molar-refractivity contribution in [1.29, 1.82) is 0 Å². The van der Waals surface area contributed by atoms with Crippen LogP contribution in [-0.4, -0.2) is 5.97 Å².